The van der Waals surface area contributed by atoms with Gasteiger partial charge in [-0.25, -0.2) is 0 Å². The van der Waals surface area contributed by atoms with E-state index in [-0.39, 0.29) is 0 Å². The lowest BCUT2D eigenvalue weighted by Gasteiger charge is -2.11. The lowest BCUT2D eigenvalue weighted by Crippen LogP contribution is -2.19. The molecular formula is C11H21NO. The van der Waals surface area contributed by atoms with Crippen molar-refractivity contribution in [2.75, 3.05) is 13.2 Å². The van der Waals surface area contributed by atoms with Gasteiger partial charge in [-0.05, 0) is 39.2 Å². The fraction of sp³-hybridized carbons (Fsp3) is 0.818. The van der Waals surface area contributed by atoms with Crippen LogP contribution < -0.4 is 5.32 Å². The average Bonchev–Trinajstić information content (AvgIpc) is 2.92. The van der Waals surface area contributed by atoms with Crippen LogP contribution in [-0.4, -0.2) is 25.3 Å². The molecule has 0 heterocycles. The summed E-state index contributed by atoms with van der Waals surface area (Å²) in [5.74, 6) is 0. The minimum Gasteiger partial charge on any atom is -0.374 e. The first kappa shape index (κ1) is 10.7. The Balaban J connectivity index is 1.82. The molecule has 1 N–H and O–H groups in total. The van der Waals surface area contributed by atoms with Crippen molar-refractivity contribution < 1.29 is 4.74 Å². The lowest BCUT2D eigenvalue weighted by molar-refractivity contribution is 0.0804. The summed E-state index contributed by atoms with van der Waals surface area (Å²) in [6.07, 6.45) is 7.30. The van der Waals surface area contributed by atoms with Crippen LogP contribution in [0.4, 0.5) is 0 Å². The van der Waals surface area contributed by atoms with Crippen molar-refractivity contribution in [3.8, 4) is 0 Å². The molecule has 0 radical (unpaired) electrons. The molecule has 1 rings (SSSR count). The third-order valence-corrected chi connectivity index (χ3v) is 2.30. The van der Waals surface area contributed by atoms with Crippen LogP contribution in [0.3, 0.4) is 0 Å². The highest BCUT2D eigenvalue weighted by Gasteiger charge is 2.19. The highest BCUT2D eigenvalue weighted by molar-refractivity contribution is 4.80. The van der Waals surface area contributed by atoms with Gasteiger partial charge in [-0.15, -0.1) is 6.58 Å². The van der Waals surface area contributed by atoms with Crippen LogP contribution in [0.5, 0.6) is 0 Å². The zero-order valence-corrected chi connectivity index (χ0v) is 8.59. The fourth-order valence-electron chi connectivity index (χ4n) is 1.30. The van der Waals surface area contributed by atoms with Crippen molar-refractivity contribution in [3.63, 3.8) is 0 Å². The number of ether oxygens (including phenoxy) is 1. The van der Waals surface area contributed by atoms with E-state index in [4.69, 9.17) is 4.74 Å². The van der Waals surface area contributed by atoms with Gasteiger partial charge in [-0.1, -0.05) is 6.08 Å². The van der Waals surface area contributed by atoms with Crippen LogP contribution in [-0.2, 0) is 4.74 Å². The maximum atomic E-state index is 5.47. The second kappa shape index (κ2) is 6.17. The first-order valence-electron chi connectivity index (χ1n) is 5.29. The van der Waals surface area contributed by atoms with Crippen LogP contribution in [0.2, 0.25) is 0 Å². The molecule has 1 unspecified atom stereocenters. The Morgan fingerprint density at radius 1 is 1.62 bits per heavy atom. The highest BCUT2D eigenvalue weighted by Crippen LogP contribution is 2.18. The molecule has 0 amide bonds. The topological polar surface area (TPSA) is 21.3 Å². The zero-order valence-electron chi connectivity index (χ0n) is 8.59. The molecule has 0 spiro atoms. The lowest BCUT2D eigenvalue weighted by atomic mass is 10.2. The van der Waals surface area contributed by atoms with E-state index >= 15 is 0 Å². The monoisotopic (exact) mass is 183 g/mol. The summed E-state index contributed by atoms with van der Waals surface area (Å²) in [4.78, 5) is 0. The van der Waals surface area contributed by atoms with Crippen LogP contribution in [0.25, 0.3) is 0 Å². The van der Waals surface area contributed by atoms with Crippen molar-refractivity contribution in [1.29, 1.82) is 0 Å². The van der Waals surface area contributed by atoms with Gasteiger partial charge in [0.15, 0.2) is 0 Å². The quantitative estimate of drug-likeness (QED) is 0.459. The molecular weight excluding hydrogens is 162 g/mol. The van der Waals surface area contributed by atoms with E-state index in [1.165, 1.54) is 19.3 Å². The third kappa shape index (κ3) is 5.83. The van der Waals surface area contributed by atoms with Crippen LogP contribution >= 0.6 is 0 Å². The van der Waals surface area contributed by atoms with Crippen LogP contribution in [0.1, 0.15) is 32.6 Å². The SMILES string of the molecule is C=CCOC(C)CCCNC1CC1. The predicted molar refractivity (Wildman–Crippen MR) is 55.9 cm³/mol. The Morgan fingerprint density at radius 2 is 2.38 bits per heavy atom. The van der Waals surface area contributed by atoms with Gasteiger partial charge in [0.05, 0.1) is 12.7 Å². The van der Waals surface area contributed by atoms with E-state index in [0.717, 1.165) is 19.0 Å². The summed E-state index contributed by atoms with van der Waals surface area (Å²) in [6, 6.07) is 0.837. The van der Waals surface area contributed by atoms with Gasteiger partial charge in [-0.3, -0.25) is 0 Å². The van der Waals surface area contributed by atoms with Crippen LogP contribution in [0.15, 0.2) is 12.7 Å². The molecule has 1 aliphatic carbocycles. The summed E-state index contributed by atoms with van der Waals surface area (Å²) in [5.41, 5.74) is 0. The average molecular weight is 183 g/mol. The molecule has 2 nitrogen and oxygen atoms in total. The van der Waals surface area contributed by atoms with E-state index in [1.807, 2.05) is 0 Å². The van der Waals surface area contributed by atoms with E-state index in [0.29, 0.717) is 12.7 Å². The molecule has 0 bridgehead atoms. The molecule has 1 fully saturated rings. The normalized spacial score (nSPS) is 18.5. The number of rotatable bonds is 8. The van der Waals surface area contributed by atoms with E-state index < -0.39 is 0 Å². The molecule has 0 aromatic carbocycles. The Labute approximate surface area is 81.4 Å². The summed E-state index contributed by atoms with van der Waals surface area (Å²) in [5, 5.41) is 3.49. The minimum absolute atomic E-state index is 0.374. The summed E-state index contributed by atoms with van der Waals surface area (Å²) in [6.45, 7) is 7.57. The smallest absolute Gasteiger partial charge is 0.0648 e. The summed E-state index contributed by atoms with van der Waals surface area (Å²) < 4.78 is 5.47. The fourth-order valence-corrected chi connectivity index (χ4v) is 1.30. The second-order valence-corrected chi connectivity index (χ2v) is 3.80. The molecule has 76 valence electrons. The van der Waals surface area contributed by atoms with Crippen molar-refractivity contribution in [2.24, 2.45) is 0 Å². The number of nitrogens with one attached hydrogen (secondary N) is 1. The molecule has 0 aromatic rings. The van der Waals surface area contributed by atoms with Crippen molar-refractivity contribution >= 4 is 0 Å². The number of hydrogen-bond donors (Lipinski definition) is 1. The zero-order chi connectivity index (χ0) is 9.52. The number of hydrogen-bond acceptors (Lipinski definition) is 2. The van der Waals surface area contributed by atoms with Gasteiger partial charge in [0, 0.05) is 6.04 Å². The molecule has 0 aliphatic heterocycles. The van der Waals surface area contributed by atoms with Gasteiger partial charge < -0.3 is 10.1 Å². The second-order valence-electron chi connectivity index (χ2n) is 3.80. The van der Waals surface area contributed by atoms with Gasteiger partial charge in [0.25, 0.3) is 0 Å². The van der Waals surface area contributed by atoms with Gasteiger partial charge in [0.1, 0.15) is 0 Å². The Hall–Kier alpha value is -0.340. The van der Waals surface area contributed by atoms with E-state index in [2.05, 4.69) is 18.8 Å². The Bertz CT molecular complexity index is 143. The standard InChI is InChI=1S/C11H21NO/c1-3-9-13-10(2)5-4-8-12-11-6-7-11/h3,10-12H,1,4-9H2,2H3. The van der Waals surface area contributed by atoms with Crippen molar-refractivity contribution in [2.45, 2.75) is 44.8 Å². The highest BCUT2D eigenvalue weighted by atomic mass is 16.5. The first-order chi connectivity index (χ1) is 6.33. The predicted octanol–water partition coefficient (Wildman–Crippen LogP) is 2.11. The largest absolute Gasteiger partial charge is 0.374 e. The Morgan fingerprint density at radius 3 is 3.00 bits per heavy atom. The molecule has 13 heavy (non-hydrogen) atoms. The third-order valence-electron chi connectivity index (χ3n) is 2.30. The molecule has 1 saturated carbocycles. The first-order valence-corrected chi connectivity index (χ1v) is 5.29. The van der Waals surface area contributed by atoms with Crippen LogP contribution in [0, 0.1) is 0 Å². The maximum Gasteiger partial charge on any atom is 0.0648 e. The molecule has 0 saturated heterocycles. The van der Waals surface area contributed by atoms with E-state index in [9.17, 15) is 0 Å². The van der Waals surface area contributed by atoms with Gasteiger partial charge in [0.2, 0.25) is 0 Å². The molecule has 1 atom stereocenters. The molecule has 2 heteroatoms. The van der Waals surface area contributed by atoms with E-state index in [1.54, 1.807) is 6.08 Å². The van der Waals surface area contributed by atoms with Crippen molar-refractivity contribution in [3.05, 3.63) is 12.7 Å². The summed E-state index contributed by atoms with van der Waals surface area (Å²) in [7, 11) is 0. The maximum absolute atomic E-state index is 5.47. The minimum atomic E-state index is 0.374. The Kier molecular flexibility index (Phi) is 5.09. The molecule has 0 aromatic heterocycles. The molecule has 1 aliphatic rings. The van der Waals surface area contributed by atoms with Gasteiger partial charge in [-0.2, -0.15) is 0 Å². The summed E-state index contributed by atoms with van der Waals surface area (Å²) >= 11 is 0. The van der Waals surface area contributed by atoms with Crippen molar-refractivity contribution in [1.82, 2.24) is 5.32 Å². The van der Waals surface area contributed by atoms with Gasteiger partial charge >= 0.3 is 0 Å².